The maximum atomic E-state index is 13.3. The lowest BCUT2D eigenvalue weighted by Gasteiger charge is -2.22. The first-order valence-electron chi connectivity index (χ1n) is 6.88. The molecule has 1 aromatic carbocycles. The summed E-state index contributed by atoms with van der Waals surface area (Å²) in [6.07, 6.45) is 2.96. The van der Waals surface area contributed by atoms with Gasteiger partial charge in [-0.2, -0.15) is 4.31 Å². The fourth-order valence-electron chi connectivity index (χ4n) is 2.68. The lowest BCUT2D eigenvalue weighted by atomic mass is 10.2. The molecule has 8 heteroatoms. The second-order valence-electron chi connectivity index (χ2n) is 5.30. The average Bonchev–Trinajstić information content (AvgIpc) is 3.10. The van der Waals surface area contributed by atoms with Crippen LogP contribution in [0.4, 0.5) is 8.78 Å². The van der Waals surface area contributed by atoms with Crippen LogP contribution in [-0.4, -0.2) is 29.2 Å². The van der Waals surface area contributed by atoms with E-state index in [9.17, 15) is 17.2 Å². The Bertz CT molecular complexity index is 804. The number of hydrogen-bond acceptors (Lipinski definition) is 3. The number of H-pyrrole nitrogens is 1. The Labute approximate surface area is 127 Å². The van der Waals surface area contributed by atoms with Gasteiger partial charge >= 0.3 is 0 Å². The maximum Gasteiger partial charge on any atom is 0.243 e. The second-order valence-corrected chi connectivity index (χ2v) is 7.19. The molecule has 1 aromatic heterocycles. The van der Waals surface area contributed by atoms with Crippen molar-refractivity contribution in [2.75, 3.05) is 6.54 Å². The predicted molar refractivity (Wildman–Crippen MR) is 75.5 cm³/mol. The van der Waals surface area contributed by atoms with Crippen LogP contribution in [0.3, 0.4) is 0 Å². The Morgan fingerprint density at radius 3 is 2.73 bits per heavy atom. The number of imidazole rings is 1. The van der Waals surface area contributed by atoms with Crippen LogP contribution in [0.5, 0.6) is 0 Å². The van der Waals surface area contributed by atoms with Gasteiger partial charge in [-0.3, -0.25) is 0 Å². The van der Waals surface area contributed by atoms with Crippen molar-refractivity contribution in [3.8, 4) is 0 Å². The number of hydrogen-bond donors (Lipinski definition) is 1. The quantitative estimate of drug-likeness (QED) is 0.942. The summed E-state index contributed by atoms with van der Waals surface area (Å²) in [5, 5.41) is 0. The largest absolute Gasteiger partial charge is 0.345 e. The zero-order valence-corrected chi connectivity index (χ0v) is 12.7. The van der Waals surface area contributed by atoms with E-state index < -0.39 is 27.7 Å². The number of nitrogens with one attached hydrogen (secondary N) is 1. The van der Waals surface area contributed by atoms with E-state index >= 15 is 0 Å². The lowest BCUT2D eigenvalue weighted by Crippen LogP contribution is -2.31. The summed E-state index contributed by atoms with van der Waals surface area (Å²) in [5.74, 6) is -1.68. The number of nitrogens with zero attached hydrogens (tertiary/aromatic N) is 2. The van der Waals surface area contributed by atoms with Crippen molar-refractivity contribution >= 4 is 10.0 Å². The summed E-state index contributed by atoms with van der Waals surface area (Å²) in [6, 6.07) is 2.21. The van der Waals surface area contributed by atoms with E-state index in [1.807, 2.05) is 6.92 Å². The predicted octanol–water partition coefficient (Wildman–Crippen LogP) is 2.52. The molecule has 0 aliphatic carbocycles. The van der Waals surface area contributed by atoms with Crippen LogP contribution >= 0.6 is 0 Å². The molecule has 1 aliphatic heterocycles. The van der Waals surface area contributed by atoms with Gasteiger partial charge in [-0.05, 0) is 38.0 Å². The number of rotatable bonds is 3. The minimum absolute atomic E-state index is 0.249. The molecule has 22 heavy (non-hydrogen) atoms. The van der Waals surface area contributed by atoms with Crippen LogP contribution in [0.1, 0.15) is 30.4 Å². The summed E-state index contributed by atoms with van der Waals surface area (Å²) in [6.45, 7) is 2.16. The van der Waals surface area contributed by atoms with Gasteiger partial charge in [-0.15, -0.1) is 0 Å². The molecule has 0 amide bonds. The number of benzene rings is 1. The molecule has 118 valence electrons. The molecule has 5 nitrogen and oxygen atoms in total. The molecule has 2 heterocycles. The molecule has 1 saturated heterocycles. The fourth-order valence-corrected chi connectivity index (χ4v) is 4.35. The Hall–Kier alpha value is -1.80. The van der Waals surface area contributed by atoms with Crippen molar-refractivity contribution in [1.29, 1.82) is 0 Å². The molecule has 1 N–H and O–H groups in total. The van der Waals surface area contributed by atoms with Crippen LogP contribution in [0.25, 0.3) is 0 Å². The summed E-state index contributed by atoms with van der Waals surface area (Å²) >= 11 is 0. The molecule has 0 spiro atoms. The van der Waals surface area contributed by atoms with Crippen LogP contribution in [0.2, 0.25) is 0 Å². The van der Waals surface area contributed by atoms with E-state index in [1.54, 1.807) is 6.20 Å². The van der Waals surface area contributed by atoms with Gasteiger partial charge in [-0.1, -0.05) is 0 Å². The average molecular weight is 327 g/mol. The SMILES string of the molecule is Cc1cnc([C@@H]2CCCN2S(=O)(=O)c2ccc(F)c(F)c2)[nH]1. The third kappa shape index (κ3) is 2.52. The van der Waals surface area contributed by atoms with Gasteiger partial charge in [0.05, 0.1) is 10.9 Å². The molecule has 2 aromatic rings. The van der Waals surface area contributed by atoms with E-state index in [4.69, 9.17) is 0 Å². The molecule has 0 saturated carbocycles. The van der Waals surface area contributed by atoms with Crippen LogP contribution < -0.4 is 0 Å². The van der Waals surface area contributed by atoms with Crippen LogP contribution in [0, 0.1) is 18.6 Å². The Balaban J connectivity index is 1.98. The number of aromatic amines is 1. The molecule has 3 rings (SSSR count). The van der Waals surface area contributed by atoms with E-state index in [0.29, 0.717) is 31.3 Å². The smallest absolute Gasteiger partial charge is 0.243 e. The first-order chi connectivity index (χ1) is 10.4. The van der Waals surface area contributed by atoms with Gasteiger partial charge in [0.15, 0.2) is 11.6 Å². The highest BCUT2D eigenvalue weighted by atomic mass is 32.2. The highest BCUT2D eigenvalue weighted by molar-refractivity contribution is 7.89. The van der Waals surface area contributed by atoms with Crippen LogP contribution in [0.15, 0.2) is 29.3 Å². The standard InChI is InChI=1S/C14H15F2N3O2S/c1-9-8-17-14(18-9)13-3-2-6-19(13)22(20,21)10-4-5-11(15)12(16)7-10/h4-5,7-8,13H,2-3,6H2,1H3,(H,17,18)/t13-/m0/s1. The molecule has 1 fully saturated rings. The molecule has 0 bridgehead atoms. The Morgan fingerprint density at radius 2 is 2.09 bits per heavy atom. The number of halogens is 2. The third-order valence-corrected chi connectivity index (χ3v) is 5.64. The van der Waals surface area contributed by atoms with Crippen molar-refractivity contribution in [1.82, 2.24) is 14.3 Å². The van der Waals surface area contributed by atoms with Crippen molar-refractivity contribution in [3.05, 3.63) is 47.5 Å². The van der Waals surface area contributed by atoms with Crippen molar-refractivity contribution in [2.24, 2.45) is 0 Å². The topological polar surface area (TPSA) is 66.1 Å². The third-order valence-electron chi connectivity index (χ3n) is 3.74. The van der Waals surface area contributed by atoms with E-state index in [2.05, 4.69) is 9.97 Å². The van der Waals surface area contributed by atoms with E-state index in [1.165, 1.54) is 4.31 Å². The van der Waals surface area contributed by atoms with Crippen LogP contribution in [-0.2, 0) is 10.0 Å². The van der Waals surface area contributed by atoms with Crippen molar-refractivity contribution in [2.45, 2.75) is 30.7 Å². The number of sulfonamides is 1. The first-order valence-corrected chi connectivity index (χ1v) is 8.32. The highest BCUT2D eigenvalue weighted by Gasteiger charge is 2.37. The summed E-state index contributed by atoms with van der Waals surface area (Å²) < 4.78 is 53.0. The van der Waals surface area contributed by atoms with Crippen molar-refractivity contribution < 1.29 is 17.2 Å². The van der Waals surface area contributed by atoms with Gasteiger partial charge in [0.25, 0.3) is 0 Å². The highest BCUT2D eigenvalue weighted by Crippen LogP contribution is 2.35. The lowest BCUT2D eigenvalue weighted by molar-refractivity contribution is 0.384. The van der Waals surface area contributed by atoms with Crippen molar-refractivity contribution in [3.63, 3.8) is 0 Å². The first kappa shape index (κ1) is 15.1. The van der Waals surface area contributed by atoms with E-state index in [0.717, 1.165) is 17.8 Å². The molecule has 1 aliphatic rings. The van der Waals surface area contributed by atoms with Gasteiger partial charge in [0.1, 0.15) is 5.82 Å². The summed E-state index contributed by atoms with van der Waals surface area (Å²) in [5.41, 5.74) is 0.840. The summed E-state index contributed by atoms with van der Waals surface area (Å²) in [4.78, 5) is 6.98. The molecule has 1 atom stereocenters. The molecule has 0 unspecified atom stereocenters. The normalized spacial score (nSPS) is 19.7. The van der Waals surface area contributed by atoms with E-state index in [-0.39, 0.29) is 4.90 Å². The van der Waals surface area contributed by atoms with Gasteiger partial charge in [-0.25, -0.2) is 22.2 Å². The monoisotopic (exact) mass is 327 g/mol. The van der Waals surface area contributed by atoms with Gasteiger partial charge < -0.3 is 4.98 Å². The number of aromatic nitrogens is 2. The second kappa shape index (κ2) is 5.44. The fraction of sp³-hybridized carbons (Fsp3) is 0.357. The zero-order chi connectivity index (χ0) is 15.9. The Morgan fingerprint density at radius 1 is 1.32 bits per heavy atom. The summed E-state index contributed by atoms with van der Waals surface area (Å²) in [7, 11) is -3.90. The molecular weight excluding hydrogens is 312 g/mol. The minimum atomic E-state index is -3.90. The maximum absolute atomic E-state index is 13.3. The van der Waals surface area contributed by atoms with Gasteiger partial charge in [0, 0.05) is 18.4 Å². The van der Waals surface area contributed by atoms with Gasteiger partial charge in [0.2, 0.25) is 10.0 Å². The molecule has 0 radical (unpaired) electrons. The Kier molecular flexibility index (Phi) is 3.73. The number of aryl methyl sites for hydroxylation is 1. The molecular formula is C14H15F2N3O2S. The minimum Gasteiger partial charge on any atom is -0.345 e. The zero-order valence-electron chi connectivity index (χ0n) is 11.9.